The highest BCUT2D eigenvalue weighted by molar-refractivity contribution is 4.99. The molecule has 3 heteroatoms. The Kier molecular flexibility index (Phi) is 5.27. The Balaban J connectivity index is 2.13. The second-order valence-electron chi connectivity index (χ2n) is 7.22. The van der Waals surface area contributed by atoms with Crippen LogP contribution in [0.1, 0.15) is 52.4 Å². The molecule has 0 aromatic heterocycles. The molecular formula is C16H33N3. The van der Waals surface area contributed by atoms with E-state index in [1.165, 1.54) is 58.2 Å². The first-order chi connectivity index (χ1) is 9.07. The summed E-state index contributed by atoms with van der Waals surface area (Å²) in [5.41, 5.74) is 6.55. The first kappa shape index (κ1) is 15.3. The third kappa shape index (κ3) is 3.50. The van der Waals surface area contributed by atoms with Gasteiger partial charge in [0, 0.05) is 24.7 Å². The van der Waals surface area contributed by atoms with Gasteiger partial charge in [-0.05, 0) is 51.7 Å². The number of nitrogens with zero attached hydrogens (tertiary/aromatic N) is 2. The van der Waals surface area contributed by atoms with E-state index in [0.717, 1.165) is 18.5 Å². The fraction of sp³-hybridized carbons (Fsp3) is 1.00. The summed E-state index contributed by atoms with van der Waals surface area (Å²) in [6.45, 7) is 9.18. The summed E-state index contributed by atoms with van der Waals surface area (Å²) in [6.07, 6.45) is 8.13. The van der Waals surface area contributed by atoms with Crippen LogP contribution in [0.15, 0.2) is 0 Å². The van der Waals surface area contributed by atoms with Crippen molar-refractivity contribution in [2.24, 2.45) is 11.7 Å². The molecule has 112 valence electrons. The van der Waals surface area contributed by atoms with Gasteiger partial charge in [0.15, 0.2) is 0 Å². The molecule has 0 unspecified atom stereocenters. The van der Waals surface area contributed by atoms with Gasteiger partial charge in [0.05, 0.1) is 0 Å². The molecule has 1 saturated heterocycles. The molecule has 1 saturated carbocycles. The van der Waals surface area contributed by atoms with E-state index in [-0.39, 0.29) is 5.54 Å². The van der Waals surface area contributed by atoms with Crippen LogP contribution in [0.4, 0.5) is 0 Å². The smallest absolute Gasteiger partial charge is 0.0359 e. The molecule has 2 N–H and O–H groups in total. The fourth-order valence-electron chi connectivity index (χ4n) is 3.98. The maximum absolute atomic E-state index is 6.27. The Morgan fingerprint density at radius 3 is 2.26 bits per heavy atom. The lowest BCUT2D eigenvalue weighted by Gasteiger charge is -2.51. The van der Waals surface area contributed by atoms with Crippen molar-refractivity contribution in [3.8, 4) is 0 Å². The van der Waals surface area contributed by atoms with E-state index in [1.807, 2.05) is 0 Å². The first-order valence-corrected chi connectivity index (χ1v) is 8.23. The van der Waals surface area contributed by atoms with Crippen molar-refractivity contribution in [2.75, 3.05) is 33.2 Å². The Bertz CT molecular complexity index is 263. The number of hydrogen-bond acceptors (Lipinski definition) is 3. The molecule has 1 aliphatic carbocycles. The number of piperidine rings is 1. The van der Waals surface area contributed by atoms with Gasteiger partial charge in [-0.2, -0.15) is 0 Å². The zero-order chi connectivity index (χ0) is 13.9. The lowest BCUT2D eigenvalue weighted by atomic mass is 9.83. The molecule has 0 bridgehead atoms. The summed E-state index contributed by atoms with van der Waals surface area (Å²) in [6, 6.07) is 0.800. The first-order valence-electron chi connectivity index (χ1n) is 8.23. The molecule has 2 fully saturated rings. The van der Waals surface area contributed by atoms with Crippen LogP contribution in [0.5, 0.6) is 0 Å². The average Bonchev–Trinajstić information content (AvgIpc) is 2.91. The number of nitrogens with two attached hydrogens (primary N) is 1. The zero-order valence-corrected chi connectivity index (χ0v) is 13.2. The summed E-state index contributed by atoms with van der Waals surface area (Å²) >= 11 is 0. The average molecular weight is 267 g/mol. The lowest BCUT2D eigenvalue weighted by Crippen LogP contribution is -2.62. The molecular weight excluding hydrogens is 234 g/mol. The molecule has 19 heavy (non-hydrogen) atoms. The predicted molar refractivity (Wildman–Crippen MR) is 82.3 cm³/mol. The number of rotatable bonds is 5. The van der Waals surface area contributed by atoms with E-state index in [0.29, 0.717) is 0 Å². The van der Waals surface area contributed by atoms with Crippen LogP contribution < -0.4 is 5.73 Å². The fourth-order valence-corrected chi connectivity index (χ4v) is 3.98. The molecule has 2 aliphatic rings. The van der Waals surface area contributed by atoms with Crippen molar-refractivity contribution in [3.05, 3.63) is 0 Å². The van der Waals surface area contributed by atoms with Gasteiger partial charge in [0.2, 0.25) is 0 Å². The highest BCUT2D eigenvalue weighted by Crippen LogP contribution is 2.35. The van der Waals surface area contributed by atoms with Gasteiger partial charge in [-0.15, -0.1) is 0 Å². The topological polar surface area (TPSA) is 32.5 Å². The van der Waals surface area contributed by atoms with Crippen LogP contribution in [0.25, 0.3) is 0 Å². The molecule has 0 aromatic rings. The normalized spacial score (nSPS) is 25.6. The zero-order valence-electron chi connectivity index (χ0n) is 13.2. The van der Waals surface area contributed by atoms with E-state index in [4.69, 9.17) is 5.73 Å². The molecule has 0 spiro atoms. The minimum atomic E-state index is 0.284. The largest absolute Gasteiger partial charge is 0.329 e. The van der Waals surface area contributed by atoms with E-state index < -0.39 is 0 Å². The lowest BCUT2D eigenvalue weighted by molar-refractivity contribution is -0.00503. The highest BCUT2D eigenvalue weighted by atomic mass is 15.3. The summed E-state index contributed by atoms with van der Waals surface area (Å²) in [7, 11) is 2.24. The van der Waals surface area contributed by atoms with Crippen molar-refractivity contribution < 1.29 is 0 Å². The summed E-state index contributed by atoms with van der Waals surface area (Å²) < 4.78 is 0. The molecule has 3 nitrogen and oxygen atoms in total. The Morgan fingerprint density at radius 1 is 1.21 bits per heavy atom. The van der Waals surface area contributed by atoms with Gasteiger partial charge < -0.3 is 10.6 Å². The van der Waals surface area contributed by atoms with Crippen LogP contribution in [0, 0.1) is 5.92 Å². The Labute approximate surface area is 119 Å². The van der Waals surface area contributed by atoms with Crippen molar-refractivity contribution in [3.63, 3.8) is 0 Å². The molecule has 0 amide bonds. The van der Waals surface area contributed by atoms with Crippen molar-refractivity contribution in [1.82, 2.24) is 9.80 Å². The van der Waals surface area contributed by atoms with E-state index in [9.17, 15) is 0 Å². The van der Waals surface area contributed by atoms with Gasteiger partial charge in [-0.3, -0.25) is 4.90 Å². The molecule has 0 radical (unpaired) electrons. The maximum atomic E-state index is 6.27. The minimum absolute atomic E-state index is 0.284. The predicted octanol–water partition coefficient (Wildman–Crippen LogP) is 2.31. The van der Waals surface area contributed by atoms with E-state index in [1.54, 1.807) is 0 Å². The summed E-state index contributed by atoms with van der Waals surface area (Å²) in [5.74, 6) is 0.740. The Morgan fingerprint density at radius 2 is 1.79 bits per heavy atom. The third-order valence-electron chi connectivity index (χ3n) is 5.23. The maximum Gasteiger partial charge on any atom is 0.0359 e. The second kappa shape index (κ2) is 6.55. The van der Waals surface area contributed by atoms with Crippen molar-refractivity contribution in [1.29, 1.82) is 0 Å². The van der Waals surface area contributed by atoms with Gasteiger partial charge in [-0.1, -0.05) is 26.7 Å². The van der Waals surface area contributed by atoms with E-state index in [2.05, 4.69) is 30.7 Å². The Hall–Kier alpha value is -0.120. The van der Waals surface area contributed by atoms with Gasteiger partial charge in [0.1, 0.15) is 0 Å². The van der Waals surface area contributed by atoms with Crippen molar-refractivity contribution in [2.45, 2.75) is 64.0 Å². The van der Waals surface area contributed by atoms with Crippen LogP contribution in [-0.2, 0) is 0 Å². The summed E-state index contributed by atoms with van der Waals surface area (Å²) in [4.78, 5) is 5.29. The molecule has 1 aliphatic heterocycles. The van der Waals surface area contributed by atoms with Crippen LogP contribution in [0.2, 0.25) is 0 Å². The van der Waals surface area contributed by atoms with Crippen molar-refractivity contribution >= 4 is 0 Å². The SMILES string of the molecule is CC(C)CN(C1CCCC1)C1(CN)CCN(C)CC1. The van der Waals surface area contributed by atoms with Gasteiger partial charge in [0.25, 0.3) is 0 Å². The highest BCUT2D eigenvalue weighted by Gasteiger charge is 2.41. The molecule has 0 atom stereocenters. The second-order valence-corrected chi connectivity index (χ2v) is 7.22. The third-order valence-corrected chi connectivity index (χ3v) is 5.23. The van der Waals surface area contributed by atoms with Gasteiger partial charge >= 0.3 is 0 Å². The quantitative estimate of drug-likeness (QED) is 0.829. The van der Waals surface area contributed by atoms with Crippen LogP contribution in [0.3, 0.4) is 0 Å². The molecule has 1 heterocycles. The number of likely N-dealkylation sites (tertiary alicyclic amines) is 1. The van der Waals surface area contributed by atoms with Crippen LogP contribution in [-0.4, -0.2) is 54.6 Å². The van der Waals surface area contributed by atoms with Crippen LogP contribution >= 0.6 is 0 Å². The van der Waals surface area contributed by atoms with Gasteiger partial charge in [-0.25, -0.2) is 0 Å². The minimum Gasteiger partial charge on any atom is -0.329 e. The summed E-state index contributed by atoms with van der Waals surface area (Å²) in [5, 5.41) is 0. The standard InChI is InChI=1S/C16H33N3/c1-14(2)12-19(15-6-4-5-7-15)16(13-17)8-10-18(3)11-9-16/h14-15H,4-13,17H2,1-3H3. The van der Waals surface area contributed by atoms with E-state index >= 15 is 0 Å². The molecule has 0 aromatic carbocycles. The number of hydrogen-bond donors (Lipinski definition) is 1. The molecule has 2 rings (SSSR count). The monoisotopic (exact) mass is 267 g/mol.